The number of amides is 2. The fourth-order valence-electron chi connectivity index (χ4n) is 3.10. The average Bonchev–Trinajstić information content (AvgIpc) is 2.98. The zero-order valence-corrected chi connectivity index (χ0v) is 14.5. The third-order valence-corrected chi connectivity index (χ3v) is 4.53. The summed E-state index contributed by atoms with van der Waals surface area (Å²) in [5.41, 5.74) is 1.06. The van der Waals surface area contributed by atoms with E-state index in [4.69, 9.17) is 9.47 Å². The maximum absolute atomic E-state index is 12.3. The molecule has 2 aliphatic rings. The van der Waals surface area contributed by atoms with Gasteiger partial charge in [0.25, 0.3) is 0 Å². The maximum Gasteiger partial charge on any atom is 0.242 e. The van der Waals surface area contributed by atoms with E-state index in [1.54, 1.807) is 0 Å². The van der Waals surface area contributed by atoms with Gasteiger partial charge in [-0.2, -0.15) is 0 Å². The smallest absolute Gasteiger partial charge is 0.242 e. The third kappa shape index (κ3) is 4.63. The first kappa shape index (κ1) is 17.5. The first-order valence-electron chi connectivity index (χ1n) is 8.83. The molecule has 1 atom stereocenters. The molecular formula is C18H25N3O4. The summed E-state index contributed by atoms with van der Waals surface area (Å²) in [5, 5.41) is 5.70. The summed E-state index contributed by atoms with van der Waals surface area (Å²) in [6.45, 7) is 4.59. The maximum atomic E-state index is 12.3. The summed E-state index contributed by atoms with van der Waals surface area (Å²) in [6.07, 6.45) is 2.60. The molecule has 1 aromatic rings. The van der Waals surface area contributed by atoms with Crippen molar-refractivity contribution in [2.24, 2.45) is 0 Å². The molecule has 0 radical (unpaired) electrons. The van der Waals surface area contributed by atoms with Crippen molar-refractivity contribution in [3.05, 3.63) is 23.8 Å². The minimum absolute atomic E-state index is 0.0790. The first-order chi connectivity index (χ1) is 12.2. The lowest BCUT2D eigenvalue weighted by Crippen LogP contribution is -2.48. The number of carbonyl (C=O) groups excluding carboxylic acids is 2. The zero-order valence-electron chi connectivity index (χ0n) is 14.5. The van der Waals surface area contributed by atoms with E-state index in [1.807, 2.05) is 30.0 Å². The van der Waals surface area contributed by atoms with Gasteiger partial charge >= 0.3 is 0 Å². The minimum Gasteiger partial charge on any atom is -0.454 e. The van der Waals surface area contributed by atoms with Crippen LogP contribution in [0.2, 0.25) is 0 Å². The SMILES string of the molecule is CCN(CC(=O)N[C@@H]1CCCCNC1=O)Cc1ccc2c(c1)OCO2. The van der Waals surface area contributed by atoms with Gasteiger partial charge in [0.15, 0.2) is 11.5 Å². The van der Waals surface area contributed by atoms with Crippen molar-refractivity contribution in [3.63, 3.8) is 0 Å². The van der Waals surface area contributed by atoms with E-state index in [2.05, 4.69) is 10.6 Å². The molecule has 0 saturated carbocycles. The van der Waals surface area contributed by atoms with Crippen molar-refractivity contribution < 1.29 is 19.1 Å². The standard InChI is InChI=1S/C18H25N3O4/c1-2-21(10-13-6-7-15-16(9-13)25-12-24-15)11-17(22)20-14-5-3-4-8-19-18(14)23/h6-7,9,14H,2-5,8,10-12H2,1H3,(H,19,23)(H,20,22)/t14-/m1/s1. The van der Waals surface area contributed by atoms with Gasteiger partial charge in [-0.25, -0.2) is 0 Å². The fourth-order valence-corrected chi connectivity index (χ4v) is 3.10. The summed E-state index contributed by atoms with van der Waals surface area (Å²) in [7, 11) is 0. The van der Waals surface area contributed by atoms with E-state index in [0.717, 1.165) is 36.4 Å². The quantitative estimate of drug-likeness (QED) is 0.803. The summed E-state index contributed by atoms with van der Waals surface area (Å²) in [6, 6.07) is 5.40. The lowest BCUT2D eigenvalue weighted by atomic mass is 10.1. The van der Waals surface area contributed by atoms with Crippen LogP contribution in [0.25, 0.3) is 0 Å². The van der Waals surface area contributed by atoms with Crippen molar-refractivity contribution >= 4 is 11.8 Å². The highest BCUT2D eigenvalue weighted by Crippen LogP contribution is 2.32. The predicted molar refractivity (Wildman–Crippen MR) is 92.3 cm³/mol. The van der Waals surface area contributed by atoms with Crippen LogP contribution in [0.15, 0.2) is 18.2 Å². The Labute approximate surface area is 147 Å². The molecule has 2 N–H and O–H groups in total. The number of nitrogens with one attached hydrogen (secondary N) is 2. The molecule has 3 rings (SSSR count). The van der Waals surface area contributed by atoms with Gasteiger partial charge in [0.2, 0.25) is 18.6 Å². The highest BCUT2D eigenvalue weighted by atomic mass is 16.7. The van der Waals surface area contributed by atoms with Gasteiger partial charge in [-0.05, 0) is 43.5 Å². The Morgan fingerprint density at radius 1 is 1.32 bits per heavy atom. The normalized spacial score (nSPS) is 19.4. The number of nitrogens with zero attached hydrogens (tertiary/aromatic N) is 1. The molecule has 1 saturated heterocycles. The zero-order chi connectivity index (χ0) is 17.6. The molecule has 2 amide bonds. The molecular weight excluding hydrogens is 322 g/mol. The molecule has 25 heavy (non-hydrogen) atoms. The van der Waals surface area contributed by atoms with Gasteiger partial charge in [0.1, 0.15) is 6.04 Å². The average molecular weight is 347 g/mol. The van der Waals surface area contributed by atoms with Crippen LogP contribution in [0.5, 0.6) is 11.5 Å². The molecule has 7 nitrogen and oxygen atoms in total. The van der Waals surface area contributed by atoms with Crippen LogP contribution in [0.3, 0.4) is 0 Å². The molecule has 7 heteroatoms. The summed E-state index contributed by atoms with van der Waals surface area (Å²) < 4.78 is 10.7. The van der Waals surface area contributed by atoms with Crippen LogP contribution in [0.4, 0.5) is 0 Å². The summed E-state index contributed by atoms with van der Waals surface area (Å²) in [4.78, 5) is 26.3. The van der Waals surface area contributed by atoms with Crippen LogP contribution < -0.4 is 20.1 Å². The molecule has 2 aliphatic heterocycles. The van der Waals surface area contributed by atoms with Crippen molar-refractivity contribution in [3.8, 4) is 11.5 Å². The lowest BCUT2D eigenvalue weighted by molar-refractivity contribution is -0.129. The lowest BCUT2D eigenvalue weighted by Gasteiger charge is -2.22. The van der Waals surface area contributed by atoms with E-state index < -0.39 is 6.04 Å². The molecule has 0 aromatic heterocycles. The highest BCUT2D eigenvalue weighted by Gasteiger charge is 2.23. The molecule has 2 heterocycles. The minimum atomic E-state index is -0.417. The molecule has 0 bridgehead atoms. The number of hydrogen-bond acceptors (Lipinski definition) is 5. The Morgan fingerprint density at radius 3 is 3.00 bits per heavy atom. The largest absolute Gasteiger partial charge is 0.454 e. The van der Waals surface area contributed by atoms with Crippen molar-refractivity contribution in [2.45, 2.75) is 38.8 Å². The van der Waals surface area contributed by atoms with E-state index >= 15 is 0 Å². The molecule has 0 spiro atoms. The Bertz CT molecular complexity index is 635. The van der Waals surface area contributed by atoms with Crippen molar-refractivity contribution in [1.82, 2.24) is 15.5 Å². The Morgan fingerprint density at radius 2 is 2.16 bits per heavy atom. The van der Waals surface area contributed by atoms with Crippen LogP contribution in [-0.2, 0) is 16.1 Å². The van der Waals surface area contributed by atoms with Gasteiger partial charge < -0.3 is 20.1 Å². The number of fused-ring (bicyclic) bond motifs is 1. The fraction of sp³-hybridized carbons (Fsp3) is 0.556. The molecule has 136 valence electrons. The van der Waals surface area contributed by atoms with Crippen LogP contribution in [0.1, 0.15) is 31.7 Å². The Hall–Kier alpha value is -2.28. The second-order valence-electron chi connectivity index (χ2n) is 6.40. The molecule has 1 aromatic carbocycles. The number of carbonyl (C=O) groups is 2. The van der Waals surface area contributed by atoms with E-state index in [1.165, 1.54) is 0 Å². The van der Waals surface area contributed by atoms with Gasteiger partial charge in [-0.1, -0.05) is 13.0 Å². The Balaban J connectivity index is 1.54. The number of hydrogen-bond donors (Lipinski definition) is 2. The van der Waals surface area contributed by atoms with E-state index in [-0.39, 0.29) is 25.2 Å². The highest BCUT2D eigenvalue weighted by molar-refractivity contribution is 5.88. The number of benzene rings is 1. The topological polar surface area (TPSA) is 79.9 Å². The van der Waals surface area contributed by atoms with Gasteiger partial charge in [0, 0.05) is 13.1 Å². The Kier molecular flexibility index (Phi) is 5.75. The monoisotopic (exact) mass is 347 g/mol. The number of likely N-dealkylation sites (N-methyl/N-ethyl adjacent to an activating group) is 1. The second kappa shape index (κ2) is 8.20. The summed E-state index contributed by atoms with van der Waals surface area (Å²) >= 11 is 0. The van der Waals surface area contributed by atoms with Crippen LogP contribution >= 0.6 is 0 Å². The van der Waals surface area contributed by atoms with Gasteiger partial charge in [-0.3, -0.25) is 14.5 Å². The van der Waals surface area contributed by atoms with E-state index in [0.29, 0.717) is 19.5 Å². The molecule has 0 unspecified atom stereocenters. The van der Waals surface area contributed by atoms with Crippen molar-refractivity contribution in [2.75, 3.05) is 26.4 Å². The van der Waals surface area contributed by atoms with E-state index in [9.17, 15) is 9.59 Å². The van der Waals surface area contributed by atoms with Crippen LogP contribution in [-0.4, -0.2) is 49.2 Å². The molecule has 0 aliphatic carbocycles. The predicted octanol–water partition coefficient (Wildman–Crippen LogP) is 1.02. The summed E-state index contributed by atoms with van der Waals surface area (Å²) in [5.74, 6) is 1.30. The number of ether oxygens (including phenoxy) is 2. The van der Waals surface area contributed by atoms with Gasteiger partial charge in [-0.15, -0.1) is 0 Å². The first-order valence-corrected chi connectivity index (χ1v) is 8.83. The third-order valence-electron chi connectivity index (χ3n) is 4.53. The van der Waals surface area contributed by atoms with Crippen molar-refractivity contribution in [1.29, 1.82) is 0 Å². The van der Waals surface area contributed by atoms with Crippen LogP contribution in [0, 0.1) is 0 Å². The number of rotatable bonds is 6. The molecule has 1 fully saturated rings. The van der Waals surface area contributed by atoms with Gasteiger partial charge in [0.05, 0.1) is 6.54 Å². The second-order valence-corrected chi connectivity index (χ2v) is 6.40.